The number of halogens is 2. The van der Waals surface area contributed by atoms with E-state index in [0.29, 0.717) is 31.0 Å². The topological polar surface area (TPSA) is 56.1 Å². The summed E-state index contributed by atoms with van der Waals surface area (Å²) in [4.78, 5) is 14.1. The van der Waals surface area contributed by atoms with Crippen molar-refractivity contribution in [1.29, 1.82) is 0 Å². The summed E-state index contributed by atoms with van der Waals surface area (Å²) in [6.07, 6.45) is 3.99. The maximum atomic E-state index is 13.4. The first-order valence-electron chi connectivity index (χ1n) is 7.75. The number of amides is 2. The van der Waals surface area contributed by atoms with Crippen LogP contribution in [0.2, 0.25) is 0 Å². The van der Waals surface area contributed by atoms with Gasteiger partial charge in [-0.1, -0.05) is 0 Å². The summed E-state index contributed by atoms with van der Waals surface area (Å²) < 4.78 is 26.8. The Morgan fingerprint density at radius 3 is 2.48 bits per heavy atom. The summed E-state index contributed by atoms with van der Waals surface area (Å²) in [7, 11) is 0. The number of nitrogens with zero attached hydrogens (tertiary/aromatic N) is 3. The van der Waals surface area contributed by atoms with E-state index in [9.17, 15) is 18.7 Å². The lowest BCUT2D eigenvalue weighted by atomic mass is 9.89. The lowest BCUT2D eigenvalue weighted by Crippen LogP contribution is -2.66. The number of aliphatic hydroxyl groups is 1. The van der Waals surface area contributed by atoms with E-state index >= 15 is 0 Å². The molecule has 5 nitrogen and oxygen atoms in total. The Morgan fingerprint density at radius 1 is 1.22 bits per heavy atom. The van der Waals surface area contributed by atoms with Gasteiger partial charge in [0.1, 0.15) is 17.2 Å². The van der Waals surface area contributed by atoms with Gasteiger partial charge < -0.3 is 10.0 Å². The minimum atomic E-state index is -0.764. The molecule has 1 saturated heterocycles. The van der Waals surface area contributed by atoms with Gasteiger partial charge in [-0.3, -0.25) is 0 Å². The molecule has 2 fully saturated rings. The largest absolute Gasteiger partial charge is 0.386 e. The molecule has 1 aromatic carbocycles. The van der Waals surface area contributed by atoms with Gasteiger partial charge in [0.25, 0.3) is 0 Å². The zero-order chi connectivity index (χ0) is 16.2. The minimum Gasteiger partial charge on any atom is -0.386 e. The first-order chi connectivity index (χ1) is 11.0. The summed E-state index contributed by atoms with van der Waals surface area (Å²) in [5.74, 6) is -1.06. The van der Waals surface area contributed by atoms with Crippen molar-refractivity contribution in [1.82, 2.24) is 9.91 Å². The van der Waals surface area contributed by atoms with Crippen molar-refractivity contribution in [2.24, 2.45) is 11.0 Å². The zero-order valence-corrected chi connectivity index (χ0v) is 12.5. The van der Waals surface area contributed by atoms with E-state index < -0.39 is 23.3 Å². The van der Waals surface area contributed by atoms with Crippen LogP contribution in [0.25, 0.3) is 0 Å². The van der Waals surface area contributed by atoms with E-state index in [4.69, 9.17) is 0 Å². The monoisotopic (exact) mass is 321 g/mol. The van der Waals surface area contributed by atoms with E-state index in [0.717, 1.165) is 18.9 Å². The van der Waals surface area contributed by atoms with Crippen LogP contribution >= 0.6 is 0 Å². The van der Waals surface area contributed by atoms with Crippen LogP contribution in [-0.2, 0) is 0 Å². The average Bonchev–Trinajstić information content (AvgIpc) is 3.19. The van der Waals surface area contributed by atoms with Crippen molar-refractivity contribution in [3.05, 3.63) is 35.4 Å². The maximum Gasteiger partial charge on any atom is 0.341 e. The normalized spacial score (nSPS) is 25.6. The van der Waals surface area contributed by atoms with Gasteiger partial charge in [-0.25, -0.2) is 18.6 Å². The Hall–Kier alpha value is -2.02. The number of benzene rings is 1. The third-order valence-electron chi connectivity index (χ3n) is 4.83. The molecule has 1 atom stereocenters. The number of hydrazone groups is 1. The summed E-state index contributed by atoms with van der Waals surface area (Å²) in [5.41, 5.74) is -0.383. The molecule has 2 amide bonds. The van der Waals surface area contributed by atoms with Gasteiger partial charge in [0, 0.05) is 18.7 Å². The molecular weight excluding hydrogens is 304 g/mol. The molecular formula is C16H17F2N3O2. The molecule has 23 heavy (non-hydrogen) atoms. The smallest absolute Gasteiger partial charge is 0.341 e. The highest BCUT2D eigenvalue weighted by molar-refractivity contribution is 5.79. The lowest BCUT2D eigenvalue weighted by Gasteiger charge is -2.47. The second-order valence-corrected chi connectivity index (χ2v) is 6.61. The number of hydrogen-bond donors (Lipinski definition) is 1. The number of hydrogen-bond acceptors (Lipinski definition) is 3. The summed E-state index contributed by atoms with van der Waals surface area (Å²) in [5, 5.41) is 15.6. The molecule has 1 aliphatic carbocycles. The molecule has 2 heterocycles. The van der Waals surface area contributed by atoms with Crippen molar-refractivity contribution >= 4 is 12.2 Å². The second kappa shape index (κ2) is 4.99. The van der Waals surface area contributed by atoms with Gasteiger partial charge in [0.05, 0.1) is 19.1 Å². The first kappa shape index (κ1) is 14.6. The standard InChI is InChI=1S/C16H17F2N3O2/c17-12-5-10(6-13(18)7-12)14-3-4-19-21(14)15(22)20-8-16(23,9-20)11-1-2-11/h4-7,11,14,23H,1-3,8-9H2. The third kappa shape index (κ3) is 2.49. The Labute approximate surface area is 132 Å². The van der Waals surface area contributed by atoms with E-state index in [2.05, 4.69) is 5.10 Å². The number of β-amino-alcohol motifs (C(OH)–C–C–N with tert-alkyl or cyclic N) is 1. The maximum absolute atomic E-state index is 13.4. The van der Waals surface area contributed by atoms with Crippen molar-refractivity contribution in [3.63, 3.8) is 0 Å². The van der Waals surface area contributed by atoms with E-state index in [1.54, 1.807) is 6.21 Å². The van der Waals surface area contributed by atoms with Gasteiger partial charge >= 0.3 is 6.03 Å². The molecule has 1 aromatic rings. The van der Waals surface area contributed by atoms with Crippen LogP contribution < -0.4 is 0 Å². The predicted molar refractivity (Wildman–Crippen MR) is 78.7 cm³/mol. The Balaban J connectivity index is 1.49. The number of carbonyl (C=O) groups excluding carboxylic acids is 1. The van der Waals surface area contributed by atoms with Crippen LogP contribution in [-0.4, -0.2) is 46.0 Å². The quantitative estimate of drug-likeness (QED) is 0.908. The first-order valence-corrected chi connectivity index (χ1v) is 7.75. The van der Waals surface area contributed by atoms with Crippen molar-refractivity contribution in [3.8, 4) is 0 Å². The molecule has 0 bridgehead atoms. The van der Waals surface area contributed by atoms with Gasteiger partial charge in [0.15, 0.2) is 0 Å². The lowest BCUT2D eigenvalue weighted by molar-refractivity contribution is -0.0973. The molecule has 2 aliphatic heterocycles. The van der Waals surface area contributed by atoms with Crippen LogP contribution in [0, 0.1) is 17.6 Å². The number of likely N-dealkylation sites (tertiary alicyclic amines) is 1. The minimum absolute atomic E-state index is 0.293. The molecule has 0 spiro atoms. The van der Waals surface area contributed by atoms with E-state index in [1.807, 2.05) is 0 Å². The van der Waals surface area contributed by atoms with Gasteiger partial charge in [-0.05, 0) is 36.5 Å². The SMILES string of the molecule is O=C(N1CC(O)(C2CC2)C1)N1N=CCC1c1cc(F)cc(F)c1. The van der Waals surface area contributed by atoms with Crippen LogP contribution in [0.15, 0.2) is 23.3 Å². The molecule has 3 aliphatic rings. The molecule has 4 rings (SSSR count). The predicted octanol–water partition coefficient (Wildman–Crippen LogP) is 2.27. The van der Waals surface area contributed by atoms with Crippen LogP contribution in [0.3, 0.4) is 0 Å². The number of rotatable bonds is 2. The summed E-state index contributed by atoms with van der Waals surface area (Å²) >= 11 is 0. The number of urea groups is 1. The van der Waals surface area contributed by atoms with Crippen LogP contribution in [0.1, 0.15) is 30.9 Å². The second-order valence-electron chi connectivity index (χ2n) is 6.61. The van der Waals surface area contributed by atoms with Gasteiger partial charge in [-0.15, -0.1) is 0 Å². The fourth-order valence-electron chi connectivity index (χ4n) is 3.42. The molecule has 1 N–H and O–H groups in total. The fraction of sp³-hybridized carbons (Fsp3) is 0.500. The summed E-state index contributed by atoms with van der Waals surface area (Å²) in [6.45, 7) is 0.597. The molecule has 0 radical (unpaired) electrons. The van der Waals surface area contributed by atoms with Crippen LogP contribution in [0.5, 0.6) is 0 Å². The van der Waals surface area contributed by atoms with Crippen molar-refractivity contribution in [2.45, 2.75) is 30.9 Å². The fourth-order valence-corrected chi connectivity index (χ4v) is 3.42. The van der Waals surface area contributed by atoms with Gasteiger partial charge in [0.2, 0.25) is 0 Å². The Bertz CT molecular complexity index is 664. The van der Waals surface area contributed by atoms with E-state index in [1.165, 1.54) is 22.0 Å². The molecule has 1 unspecified atom stereocenters. The molecule has 7 heteroatoms. The van der Waals surface area contributed by atoms with E-state index in [-0.39, 0.29) is 6.03 Å². The third-order valence-corrected chi connectivity index (χ3v) is 4.83. The molecule has 0 aromatic heterocycles. The van der Waals surface area contributed by atoms with Crippen molar-refractivity contribution in [2.75, 3.05) is 13.1 Å². The van der Waals surface area contributed by atoms with Gasteiger partial charge in [-0.2, -0.15) is 5.10 Å². The Kier molecular flexibility index (Phi) is 3.16. The highest BCUT2D eigenvalue weighted by Crippen LogP contribution is 2.45. The number of carbonyl (C=O) groups is 1. The molecule has 122 valence electrons. The Morgan fingerprint density at radius 2 is 1.87 bits per heavy atom. The highest BCUT2D eigenvalue weighted by Gasteiger charge is 2.54. The highest BCUT2D eigenvalue weighted by atomic mass is 19.1. The molecule has 1 saturated carbocycles. The summed E-state index contributed by atoms with van der Waals surface area (Å²) in [6, 6.07) is 2.40. The van der Waals surface area contributed by atoms with Crippen molar-refractivity contribution < 1.29 is 18.7 Å². The van der Waals surface area contributed by atoms with Crippen LogP contribution in [0.4, 0.5) is 13.6 Å². The average molecular weight is 321 g/mol. The zero-order valence-electron chi connectivity index (χ0n) is 12.5.